The molecule has 0 fully saturated rings. The number of halogens is 1. The fourth-order valence-electron chi connectivity index (χ4n) is 2.83. The van der Waals surface area contributed by atoms with Gasteiger partial charge in [-0.1, -0.05) is 22.0 Å². The molecule has 2 aromatic rings. The van der Waals surface area contributed by atoms with Crippen molar-refractivity contribution in [2.24, 2.45) is 7.05 Å². The average molecular weight is 279 g/mol. The fourth-order valence-corrected chi connectivity index (χ4v) is 3.18. The molecule has 1 aliphatic rings. The lowest BCUT2D eigenvalue weighted by Gasteiger charge is -2.22. The van der Waals surface area contributed by atoms with Gasteiger partial charge < -0.3 is 9.88 Å². The van der Waals surface area contributed by atoms with Crippen LogP contribution in [0.2, 0.25) is 0 Å². The van der Waals surface area contributed by atoms with E-state index in [-0.39, 0.29) is 0 Å². The molecule has 0 spiro atoms. The number of rotatable bonds is 0. The molecule has 1 atom stereocenters. The lowest BCUT2D eigenvalue weighted by Crippen LogP contribution is -2.28. The third-order valence-electron chi connectivity index (χ3n) is 3.55. The van der Waals surface area contributed by atoms with Crippen molar-refractivity contribution in [1.29, 1.82) is 0 Å². The monoisotopic (exact) mass is 278 g/mol. The van der Waals surface area contributed by atoms with E-state index in [1.54, 1.807) is 0 Å². The van der Waals surface area contributed by atoms with E-state index >= 15 is 0 Å². The predicted octanol–water partition coefficient (Wildman–Crippen LogP) is 3.15. The van der Waals surface area contributed by atoms with Gasteiger partial charge in [-0.25, -0.2) is 0 Å². The third kappa shape index (κ3) is 1.35. The van der Waals surface area contributed by atoms with Crippen LogP contribution in [0.15, 0.2) is 22.7 Å². The number of benzene rings is 1. The summed E-state index contributed by atoms with van der Waals surface area (Å²) in [5, 5.41) is 4.93. The van der Waals surface area contributed by atoms with Crippen molar-refractivity contribution >= 4 is 26.8 Å². The zero-order chi connectivity index (χ0) is 11.3. The molecule has 1 N–H and O–H groups in total. The summed E-state index contributed by atoms with van der Waals surface area (Å²) in [5.74, 6) is 0. The minimum atomic E-state index is 0.458. The first-order valence-corrected chi connectivity index (χ1v) is 6.48. The van der Waals surface area contributed by atoms with Crippen molar-refractivity contribution < 1.29 is 0 Å². The summed E-state index contributed by atoms with van der Waals surface area (Å²) in [6.45, 7) is 3.33. The van der Waals surface area contributed by atoms with Crippen molar-refractivity contribution in [3.05, 3.63) is 33.9 Å². The van der Waals surface area contributed by atoms with Crippen molar-refractivity contribution in [2.75, 3.05) is 6.54 Å². The first-order chi connectivity index (χ1) is 7.68. The van der Waals surface area contributed by atoms with Crippen LogP contribution in [0.5, 0.6) is 0 Å². The Morgan fingerprint density at radius 3 is 3.06 bits per heavy atom. The molecule has 1 unspecified atom stereocenters. The van der Waals surface area contributed by atoms with Crippen molar-refractivity contribution in [3.63, 3.8) is 0 Å². The Kier molecular flexibility index (Phi) is 2.33. The second-order valence-electron chi connectivity index (χ2n) is 4.51. The van der Waals surface area contributed by atoms with Gasteiger partial charge in [-0.15, -0.1) is 0 Å². The van der Waals surface area contributed by atoms with E-state index in [9.17, 15) is 0 Å². The van der Waals surface area contributed by atoms with Crippen LogP contribution in [0, 0.1) is 0 Å². The number of nitrogens with zero attached hydrogens (tertiary/aromatic N) is 1. The fraction of sp³-hybridized carbons (Fsp3) is 0.385. The molecule has 2 heterocycles. The summed E-state index contributed by atoms with van der Waals surface area (Å²) in [4.78, 5) is 0. The number of aromatic nitrogens is 1. The van der Waals surface area contributed by atoms with Crippen LogP contribution in [-0.2, 0) is 13.5 Å². The lowest BCUT2D eigenvalue weighted by molar-refractivity contribution is 0.515. The predicted molar refractivity (Wildman–Crippen MR) is 70.7 cm³/mol. The quantitative estimate of drug-likeness (QED) is 0.784. The zero-order valence-electron chi connectivity index (χ0n) is 9.55. The molecule has 0 saturated heterocycles. The van der Waals surface area contributed by atoms with Gasteiger partial charge in [0.15, 0.2) is 0 Å². The number of hydrogen-bond acceptors (Lipinski definition) is 1. The van der Waals surface area contributed by atoms with Gasteiger partial charge in [0.2, 0.25) is 0 Å². The molecular formula is C13H15BrN2. The molecule has 3 heteroatoms. The van der Waals surface area contributed by atoms with Crippen LogP contribution in [0.25, 0.3) is 10.9 Å². The number of fused-ring (bicyclic) bond motifs is 3. The molecule has 0 radical (unpaired) electrons. The Morgan fingerprint density at radius 1 is 1.44 bits per heavy atom. The standard InChI is InChI=1S/C13H15BrN2/c1-8-13-11(5-6-15-8)10-4-3-9(14)7-12(10)16(13)2/h3-4,7-8,15H,5-6H2,1-2H3. The van der Waals surface area contributed by atoms with Gasteiger partial charge in [0.25, 0.3) is 0 Å². The van der Waals surface area contributed by atoms with Gasteiger partial charge in [-0.2, -0.15) is 0 Å². The Morgan fingerprint density at radius 2 is 2.25 bits per heavy atom. The highest BCUT2D eigenvalue weighted by Gasteiger charge is 2.22. The van der Waals surface area contributed by atoms with E-state index < -0.39 is 0 Å². The second-order valence-corrected chi connectivity index (χ2v) is 5.43. The first kappa shape index (κ1) is 10.4. The molecule has 2 nitrogen and oxygen atoms in total. The van der Waals surface area contributed by atoms with Crippen molar-refractivity contribution in [3.8, 4) is 0 Å². The average Bonchev–Trinajstić information content (AvgIpc) is 2.54. The maximum absolute atomic E-state index is 3.55. The molecule has 3 rings (SSSR count). The van der Waals surface area contributed by atoms with Gasteiger partial charge in [0, 0.05) is 34.2 Å². The van der Waals surface area contributed by atoms with E-state index in [1.807, 2.05) is 0 Å². The normalized spacial score (nSPS) is 20.1. The summed E-state index contributed by atoms with van der Waals surface area (Å²) in [7, 11) is 2.16. The van der Waals surface area contributed by atoms with E-state index in [1.165, 1.54) is 22.2 Å². The van der Waals surface area contributed by atoms with E-state index in [2.05, 4.69) is 58.0 Å². The van der Waals surface area contributed by atoms with Gasteiger partial charge in [-0.05, 0) is 37.6 Å². The summed E-state index contributed by atoms with van der Waals surface area (Å²) in [5.41, 5.74) is 4.30. The van der Waals surface area contributed by atoms with E-state index in [4.69, 9.17) is 0 Å². The van der Waals surface area contributed by atoms with Gasteiger partial charge >= 0.3 is 0 Å². The number of hydrogen-bond donors (Lipinski definition) is 1. The van der Waals surface area contributed by atoms with Crippen LogP contribution in [0.3, 0.4) is 0 Å². The third-order valence-corrected chi connectivity index (χ3v) is 4.05. The van der Waals surface area contributed by atoms with Crippen LogP contribution in [-0.4, -0.2) is 11.1 Å². The smallest absolute Gasteiger partial charge is 0.0494 e. The maximum atomic E-state index is 3.55. The molecule has 0 amide bonds. The molecule has 0 bridgehead atoms. The highest BCUT2D eigenvalue weighted by molar-refractivity contribution is 9.10. The SMILES string of the molecule is CC1NCCc2c1n(C)c1cc(Br)ccc21. The highest BCUT2D eigenvalue weighted by atomic mass is 79.9. The molecule has 84 valence electrons. The molecule has 1 aliphatic heterocycles. The van der Waals surface area contributed by atoms with Gasteiger partial charge in [-0.3, -0.25) is 0 Å². The van der Waals surface area contributed by atoms with Crippen LogP contribution in [0.4, 0.5) is 0 Å². The largest absolute Gasteiger partial charge is 0.346 e. The van der Waals surface area contributed by atoms with Crippen LogP contribution in [0.1, 0.15) is 24.2 Å². The Bertz CT molecular complexity index is 557. The summed E-state index contributed by atoms with van der Waals surface area (Å²) in [6.07, 6.45) is 1.14. The minimum Gasteiger partial charge on any atom is -0.346 e. The van der Waals surface area contributed by atoms with E-state index in [0.29, 0.717) is 6.04 Å². The lowest BCUT2D eigenvalue weighted by atomic mass is 10.0. The summed E-state index contributed by atoms with van der Waals surface area (Å²) >= 11 is 3.55. The van der Waals surface area contributed by atoms with Gasteiger partial charge in [0.1, 0.15) is 0 Å². The second kappa shape index (κ2) is 3.60. The van der Waals surface area contributed by atoms with Crippen LogP contribution >= 0.6 is 15.9 Å². The minimum absolute atomic E-state index is 0.458. The Balaban J connectivity index is 2.38. The molecule has 16 heavy (non-hydrogen) atoms. The molecule has 0 saturated carbocycles. The Labute approximate surface area is 104 Å². The Hall–Kier alpha value is -0.800. The topological polar surface area (TPSA) is 17.0 Å². The number of aryl methyl sites for hydroxylation is 1. The van der Waals surface area contributed by atoms with Crippen LogP contribution < -0.4 is 5.32 Å². The first-order valence-electron chi connectivity index (χ1n) is 5.68. The summed E-state index contributed by atoms with van der Waals surface area (Å²) in [6, 6.07) is 7.03. The van der Waals surface area contributed by atoms with E-state index in [0.717, 1.165) is 17.4 Å². The van der Waals surface area contributed by atoms with Gasteiger partial charge in [0.05, 0.1) is 0 Å². The zero-order valence-corrected chi connectivity index (χ0v) is 11.1. The summed E-state index contributed by atoms with van der Waals surface area (Å²) < 4.78 is 3.48. The molecule has 1 aromatic carbocycles. The maximum Gasteiger partial charge on any atom is 0.0494 e. The number of nitrogens with one attached hydrogen (secondary N) is 1. The molecule has 0 aliphatic carbocycles. The molecular weight excluding hydrogens is 264 g/mol. The molecule has 1 aromatic heterocycles. The highest BCUT2D eigenvalue weighted by Crippen LogP contribution is 2.33. The van der Waals surface area contributed by atoms with Crippen molar-refractivity contribution in [1.82, 2.24) is 9.88 Å². The van der Waals surface area contributed by atoms with Crippen molar-refractivity contribution in [2.45, 2.75) is 19.4 Å².